The monoisotopic (exact) mass is 289 g/mol. The standard InChI is InChI=1S/C15H16ClN3O/c16-14-7-6-13(10-18-14)11-19-15(20)17-9-8-12-4-2-1-3-5-12/h1-7,10H,8-9,11H2,(H2,17,19,20). The van der Waals surface area contributed by atoms with Crippen molar-refractivity contribution in [1.82, 2.24) is 15.6 Å². The van der Waals surface area contributed by atoms with Gasteiger partial charge in [0, 0.05) is 19.3 Å². The summed E-state index contributed by atoms with van der Waals surface area (Å²) in [6.07, 6.45) is 2.46. The predicted molar refractivity (Wildman–Crippen MR) is 79.6 cm³/mol. The number of hydrogen-bond donors (Lipinski definition) is 2. The molecule has 0 saturated heterocycles. The molecule has 0 aliphatic heterocycles. The fourth-order valence-electron chi connectivity index (χ4n) is 1.72. The fraction of sp³-hybridized carbons (Fsp3) is 0.200. The number of amides is 2. The van der Waals surface area contributed by atoms with Gasteiger partial charge in [0.15, 0.2) is 0 Å². The molecule has 5 heteroatoms. The van der Waals surface area contributed by atoms with E-state index in [0.29, 0.717) is 18.2 Å². The zero-order valence-corrected chi connectivity index (χ0v) is 11.7. The van der Waals surface area contributed by atoms with Crippen LogP contribution in [0.3, 0.4) is 0 Å². The van der Waals surface area contributed by atoms with Gasteiger partial charge >= 0.3 is 6.03 Å². The molecule has 2 aromatic rings. The first-order valence-electron chi connectivity index (χ1n) is 6.40. The predicted octanol–water partition coefficient (Wildman–Crippen LogP) is 2.78. The lowest BCUT2D eigenvalue weighted by molar-refractivity contribution is 0.240. The van der Waals surface area contributed by atoms with Gasteiger partial charge in [-0.1, -0.05) is 48.0 Å². The number of hydrogen-bond acceptors (Lipinski definition) is 2. The number of halogens is 1. The molecule has 0 fully saturated rings. The zero-order valence-electron chi connectivity index (χ0n) is 11.0. The van der Waals surface area contributed by atoms with Gasteiger partial charge in [-0.15, -0.1) is 0 Å². The van der Waals surface area contributed by atoms with E-state index in [1.165, 1.54) is 5.56 Å². The Hall–Kier alpha value is -2.07. The molecule has 0 spiro atoms. The van der Waals surface area contributed by atoms with Crippen LogP contribution in [0.4, 0.5) is 4.79 Å². The molecular formula is C15H16ClN3O. The van der Waals surface area contributed by atoms with Crippen molar-refractivity contribution in [2.75, 3.05) is 6.54 Å². The van der Waals surface area contributed by atoms with Gasteiger partial charge in [0.05, 0.1) is 0 Å². The summed E-state index contributed by atoms with van der Waals surface area (Å²) in [6.45, 7) is 1.04. The first-order chi connectivity index (χ1) is 9.74. The van der Waals surface area contributed by atoms with E-state index in [0.717, 1.165) is 12.0 Å². The minimum Gasteiger partial charge on any atom is -0.338 e. The first-order valence-corrected chi connectivity index (χ1v) is 6.78. The van der Waals surface area contributed by atoms with Gasteiger partial charge in [0.25, 0.3) is 0 Å². The van der Waals surface area contributed by atoms with Crippen molar-refractivity contribution in [1.29, 1.82) is 0 Å². The third-order valence-corrected chi connectivity index (χ3v) is 3.01. The fourth-order valence-corrected chi connectivity index (χ4v) is 1.83. The van der Waals surface area contributed by atoms with E-state index >= 15 is 0 Å². The molecule has 104 valence electrons. The Morgan fingerprint density at radius 3 is 2.55 bits per heavy atom. The van der Waals surface area contributed by atoms with Crippen LogP contribution in [0.5, 0.6) is 0 Å². The molecule has 0 aliphatic carbocycles. The molecular weight excluding hydrogens is 274 g/mol. The summed E-state index contributed by atoms with van der Waals surface area (Å²) in [4.78, 5) is 15.6. The second kappa shape index (κ2) is 7.50. The highest BCUT2D eigenvalue weighted by molar-refractivity contribution is 6.29. The van der Waals surface area contributed by atoms with Gasteiger partial charge in [0.2, 0.25) is 0 Å². The molecule has 0 radical (unpaired) electrons. The molecule has 0 atom stereocenters. The van der Waals surface area contributed by atoms with E-state index in [1.54, 1.807) is 12.3 Å². The molecule has 0 aliphatic rings. The average molecular weight is 290 g/mol. The lowest BCUT2D eigenvalue weighted by Gasteiger charge is -2.07. The quantitative estimate of drug-likeness (QED) is 0.832. The van der Waals surface area contributed by atoms with Gasteiger partial charge < -0.3 is 10.6 Å². The SMILES string of the molecule is O=C(NCCc1ccccc1)NCc1ccc(Cl)nc1. The van der Waals surface area contributed by atoms with Crippen molar-refractivity contribution in [3.05, 3.63) is 64.9 Å². The van der Waals surface area contributed by atoms with Crippen molar-refractivity contribution in [3.8, 4) is 0 Å². The van der Waals surface area contributed by atoms with Gasteiger partial charge in [-0.05, 0) is 23.6 Å². The molecule has 1 aromatic carbocycles. The lowest BCUT2D eigenvalue weighted by atomic mass is 10.1. The second-order valence-corrected chi connectivity index (χ2v) is 4.72. The molecule has 0 saturated carbocycles. The van der Waals surface area contributed by atoms with Crippen LogP contribution in [-0.2, 0) is 13.0 Å². The van der Waals surface area contributed by atoms with E-state index in [2.05, 4.69) is 15.6 Å². The normalized spacial score (nSPS) is 10.1. The van der Waals surface area contributed by atoms with Crippen LogP contribution < -0.4 is 10.6 Å². The molecule has 1 aromatic heterocycles. The van der Waals surface area contributed by atoms with Crippen LogP contribution in [-0.4, -0.2) is 17.6 Å². The van der Waals surface area contributed by atoms with Crippen LogP contribution in [0, 0.1) is 0 Å². The Bertz CT molecular complexity index is 543. The maximum Gasteiger partial charge on any atom is 0.315 e. The van der Waals surface area contributed by atoms with Crippen LogP contribution in [0.25, 0.3) is 0 Å². The van der Waals surface area contributed by atoms with E-state index in [-0.39, 0.29) is 6.03 Å². The van der Waals surface area contributed by atoms with Crippen molar-refractivity contribution in [2.45, 2.75) is 13.0 Å². The number of carbonyl (C=O) groups excluding carboxylic acids is 1. The van der Waals surface area contributed by atoms with Crippen molar-refractivity contribution in [2.24, 2.45) is 0 Å². The summed E-state index contributed by atoms with van der Waals surface area (Å²) in [5.74, 6) is 0. The van der Waals surface area contributed by atoms with Crippen molar-refractivity contribution in [3.63, 3.8) is 0 Å². The number of pyridine rings is 1. The third kappa shape index (κ3) is 4.90. The smallest absolute Gasteiger partial charge is 0.315 e. The molecule has 4 nitrogen and oxygen atoms in total. The van der Waals surface area contributed by atoms with Crippen LogP contribution in [0.1, 0.15) is 11.1 Å². The number of nitrogens with one attached hydrogen (secondary N) is 2. The Balaban J connectivity index is 1.67. The van der Waals surface area contributed by atoms with E-state index in [4.69, 9.17) is 11.6 Å². The molecule has 1 heterocycles. The number of nitrogens with zero attached hydrogens (tertiary/aromatic N) is 1. The maximum absolute atomic E-state index is 11.6. The first kappa shape index (κ1) is 14.3. The number of urea groups is 1. The van der Waals surface area contributed by atoms with Crippen LogP contribution in [0.2, 0.25) is 5.15 Å². The van der Waals surface area contributed by atoms with Gasteiger partial charge in [-0.2, -0.15) is 0 Å². The number of aromatic nitrogens is 1. The number of benzene rings is 1. The lowest BCUT2D eigenvalue weighted by Crippen LogP contribution is -2.36. The molecule has 2 rings (SSSR count). The molecule has 20 heavy (non-hydrogen) atoms. The summed E-state index contributed by atoms with van der Waals surface area (Å²) < 4.78 is 0. The Kier molecular flexibility index (Phi) is 5.38. The molecule has 2 N–H and O–H groups in total. The zero-order chi connectivity index (χ0) is 14.2. The number of carbonyl (C=O) groups is 1. The molecule has 0 unspecified atom stereocenters. The van der Waals surface area contributed by atoms with Crippen molar-refractivity contribution >= 4 is 17.6 Å². The second-order valence-electron chi connectivity index (χ2n) is 4.33. The Morgan fingerprint density at radius 1 is 1.05 bits per heavy atom. The molecule has 2 amide bonds. The highest BCUT2D eigenvalue weighted by atomic mass is 35.5. The topological polar surface area (TPSA) is 54.0 Å². The van der Waals surface area contributed by atoms with E-state index in [9.17, 15) is 4.79 Å². The Morgan fingerprint density at radius 2 is 1.85 bits per heavy atom. The van der Waals surface area contributed by atoms with E-state index < -0.39 is 0 Å². The highest BCUT2D eigenvalue weighted by Gasteiger charge is 2.00. The minimum atomic E-state index is -0.184. The van der Waals surface area contributed by atoms with Gasteiger partial charge in [-0.25, -0.2) is 9.78 Å². The summed E-state index contributed by atoms with van der Waals surface area (Å²) in [5, 5.41) is 6.03. The summed E-state index contributed by atoms with van der Waals surface area (Å²) >= 11 is 5.69. The largest absolute Gasteiger partial charge is 0.338 e. The van der Waals surface area contributed by atoms with Gasteiger partial charge in [-0.3, -0.25) is 0 Å². The summed E-state index contributed by atoms with van der Waals surface area (Å²) in [6, 6.07) is 13.4. The number of rotatable bonds is 5. The maximum atomic E-state index is 11.6. The summed E-state index contributed by atoms with van der Waals surface area (Å²) in [7, 11) is 0. The summed E-state index contributed by atoms with van der Waals surface area (Å²) in [5.41, 5.74) is 2.11. The highest BCUT2D eigenvalue weighted by Crippen LogP contribution is 2.04. The van der Waals surface area contributed by atoms with Crippen LogP contribution >= 0.6 is 11.6 Å². The van der Waals surface area contributed by atoms with Crippen LogP contribution in [0.15, 0.2) is 48.7 Å². The van der Waals surface area contributed by atoms with Gasteiger partial charge in [0.1, 0.15) is 5.15 Å². The Labute approximate surface area is 123 Å². The molecule has 0 bridgehead atoms. The van der Waals surface area contributed by atoms with E-state index in [1.807, 2.05) is 36.4 Å². The average Bonchev–Trinajstić information content (AvgIpc) is 2.48. The third-order valence-electron chi connectivity index (χ3n) is 2.78. The minimum absolute atomic E-state index is 0.184. The van der Waals surface area contributed by atoms with Crippen molar-refractivity contribution < 1.29 is 4.79 Å².